The van der Waals surface area contributed by atoms with Gasteiger partial charge in [-0.1, -0.05) is 41.6 Å². The van der Waals surface area contributed by atoms with Crippen molar-refractivity contribution >= 4 is 40.2 Å². The average molecular weight is 487 g/mol. The number of nitrogens with one attached hydrogen (secondary N) is 1. The Bertz CT molecular complexity index is 1160. The molecule has 2 aromatic carbocycles. The minimum absolute atomic E-state index is 0.0440. The van der Waals surface area contributed by atoms with Gasteiger partial charge >= 0.3 is 0 Å². The van der Waals surface area contributed by atoms with Crippen molar-refractivity contribution in [3.63, 3.8) is 0 Å². The molecule has 4 rings (SSSR count). The van der Waals surface area contributed by atoms with Crippen LogP contribution in [0.3, 0.4) is 0 Å². The summed E-state index contributed by atoms with van der Waals surface area (Å²) in [7, 11) is 0. The Morgan fingerprint density at radius 2 is 1.97 bits per heavy atom. The van der Waals surface area contributed by atoms with E-state index in [1.165, 1.54) is 11.8 Å². The van der Waals surface area contributed by atoms with Crippen molar-refractivity contribution in [3.8, 4) is 5.69 Å². The molecule has 0 unspecified atom stereocenters. The molecule has 1 saturated heterocycles. The highest BCUT2D eigenvalue weighted by molar-refractivity contribution is 7.99. The van der Waals surface area contributed by atoms with Crippen LogP contribution in [0.25, 0.3) is 16.6 Å². The van der Waals surface area contributed by atoms with Crippen LogP contribution in [0.4, 0.5) is 0 Å². The molecule has 1 aliphatic rings. The van der Waals surface area contributed by atoms with Crippen molar-refractivity contribution in [1.29, 1.82) is 0 Å². The third kappa shape index (κ3) is 6.35. The molecule has 1 aromatic heterocycles. The Labute approximate surface area is 202 Å². The van der Waals surface area contributed by atoms with Gasteiger partial charge in [-0.25, -0.2) is 4.98 Å². The van der Waals surface area contributed by atoms with Crippen LogP contribution in [0.15, 0.2) is 58.5 Å². The van der Waals surface area contributed by atoms with Gasteiger partial charge in [-0.2, -0.15) is 0 Å². The van der Waals surface area contributed by atoms with Crippen LogP contribution < -0.4 is 10.9 Å². The van der Waals surface area contributed by atoms with Crippen molar-refractivity contribution in [2.75, 3.05) is 45.1 Å². The maximum absolute atomic E-state index is 13.2. The molecule has 2 heterocycles. The van der Waals surface area contributed by atoms with E-state index in [0.29, 0.717) is 51.9 Å². The zero-order valence-electron chi connectivity index (χ0n) is 18.3. The van der Waals surface area contributed by atoms with E-state index >= 15 is 0 Å². The number of benzene rings is 2. The lowest BCUT2D eigenvalue weighted by Crippen LogP contribution is -2.41. The van der Waals surface area contributed by atoms with E-state index in [4.69, 9.17) is 21.3 Å². The minimum Gasteiger partial charge on any atom is -0.379 e. The van der Waals surface area contributed by atoms with Crippen LogP contribution in [0.1, 0.15) is 12.8 Å². The fourth-order valence-corrected chi connectivity index (χ4v) is 4.85. The molecule has 0 spiro atoms. The molecular formula is C24H27ClN4O3S. The van der Waals surface area contributed by atoms with E-state index in [1.54, 1.807) is 22.8 Å². The summed E-state index contributed by atoms with van der Waals surface area (Å²) in [5.74, 6) is 0.713. The smallest absolute Gasteiger partial charge is 0.266 e. The first-order chi connectivity index (χ1) is 16.1. The summed E-state index contributed by atoms with van der Waals surface area (Å²) in [6.45, 7) is 4.84. The van der Waals surface area contributed by atoms with Crippen molar-refractivity contribution < 1.29 is 9.53 Å². The number of fused-ring (bicyclic) bond motifs is 1. The average Bonchev–Trinajstić information content (AvgIpc) is 2.83. The third-order valence-corrected chi connectivity index (χ3v) is 6.70. The number of morpholine rings is 1. The lowest BCUT2D eigenvalue weighted by Gasteiger charge is -2.26. The highest BCUT2D eigenvalue weighted by atomic mass is 35.5. The predicted octanol–water partition coefficient (Wildman–Crippen LogP) is 3.36. The molecule has 7 nitrogen and oxygen atoms in total. The second-order valence-electron chi connectivity index (χ2n) is 7.79. The van der Waals surface area contributed by atoms with Crippen LogP contribution in [0.2, 0.25) is 5.02 Å². The molecule has 0 radical (unpaired) electrons. The summed E-state index contributed by atoms with van der Waals surface area (Å²) in [5, 5.41) is 4.69. The Balaban J connectivity index is 1.37. The second kappa shape index (κ2) is 11.7. The number of rotatable bonds is 9. The van der Waals surface area contributed by atoms with Gasteiger partial charge in [0.1, 0.15) is 0 Å². The highest BCUT2D eigenvalue weighted by Gasteiger charge is 2.14. The Morgan fingerprint density at radius 1 is 1.15 bits per heavy atom. The largest absolute Gasteiger partial charge is 0.379 e. The zero-order valence-corrected chi connectivity index (χ0v) is 19.9. The van der Waals surface area contributed by atoms with E-state index in [0.717, 1.165) is 32.8 Å². The summed E-state index contributed by atoms with van der Waals surface area (Å²) >= 11 is 7.65. The van der Waals surface area contributed by atoms with Crippen molar-refractivity contribution in [2.24, 2.45) is 0 Å². The van der Waals surface area contributed by atoms with Gasteiger partial charge in [0.2, 0.25) is 5.91 Å². The number of carbonyl (C=O) groups is 1. The third-order valence-electron chi connectivity index (χ3n) is 5.44. The molecule has 1 N–H and O–H groups in total. The molecule has 0 aliphatic carbocycles. The second-order valence-corrected chi connectivity index (χ2v) is 9.29. The number of hydrogen-bond acceptors (Lipinski definition) is 6. The molecule has 0 bridgehead atoms. The maximum atomic E-state index is 13.2. The molecule has 33 heavy (non-hydrogen) atoms. The number of ether oxygens (including phenoxy) is 1. The molecule has 1 aliphatic heterocycles. The first kappa shape index (κ1) is 23.8. The van der Waals surface area contributed by atoms with Gasteiger partial charge in [-0.3, -0.25) is 19.1 Å². The number of hydrogen-bond donors (Lipinski definition) is 1. The zero-order chi connectivity index (χ0) is 23.0. The van der Waals surface area contributed by atoms with E-state index in [1.807, 2.05) is 30.3 Å². The first-order valence-electron chi connectivity index (χ1n) is 11.1. The van der Waals surface area contributed by atoms with E-state index in [2.05, 4.69) is 10.2 Å². The number of halogens is 1. The molecule has 174 valence electrons. The Kier molecular flexibility index (Phi) is 8.39. The van der Waals surface area contributed by atoms with Crippen molar-refractivity contribution in [2.45, 2.75) is 18.0 Å². The fraction of sp³-hybridized carbons (Fsp3) is 0.375. The molecule has 9 heteroatoms. The van der Waals surface area contributed by atoms with Gasteiger partial charge in [0.15, 0.2) is 5.16 Å². The summed E-state index contributed by atoms with van der Waals surface area (Å²) < 4.78 is 6.94. The summed E-state index contributed by atoms with van der Waals surface area (Å²) in [6.07, 6.45) is 1.12. The lowest BCUT2D eigenvalue weighted by atomic mass is 10.2. The van der Waals surface area contributed by atoms with Gasteiger partial charge in [0.05, 0.1) is 29.8 Å². The summed E-state index contributed by atoms with van der Waals surface area (Å²) in [5.41, 5.74) is 1.20. The van der Waals surface area contributed by atoms with Gasteiger partial charge < -0.3 is 10.1 Å². The number of nitrogens with zero attached hydrogens (tertiary/aromatic N) is 3. The normalized spacial score (nSPS) is 14.5. The van der Waals surface area contributed by atoms with Crippen LogP contribution in [0, 0.1) is 0 Å². The standard InChI is InChI=1S/C24H27ClN4O3S/c25-18-5-3-6-19(17-18)29-23(31)20-7-1-2-8-21(20)27-24(29)33-16-4-9-22(30)26-10-11-28-12-14-32-15-13-28/h1-3,5-8,17H,4,9-16H2,(H,26,30). The summed E-state index contributed by atoms with van der Waals surface area (Å²) in [6, 6.07) is 14.5. The number of amides is 1. The number of carbonyl (C=O) groups excluding carboxylic acids is 1. The van der Waals surface area contributed by atoms with E-state index < -0.39 is 0 Å². The first-order valence-corrected chi connectivity index (χ1v) is 12.5. The summed E-state index contributed by atoms with van der Waals surface area (Å²) in [4.78, 5) is 32.5. The van der Waals surface area contributed by atoms with Gasteiger partial charge in [0.25, 0.3) is 5.56 Å². The van der Waals surface area contributed by atoms with Crippen LogP contribution in [-0.4, -0.2) is 65.5 Å². The van der Waals surface area contributed by atoms with E-state index in [-0.39, 0.29) is 11.5 Å². The molecular weight excluding hydrogens is 460 g/mol. The predicted molar refractivity (Wildman–Crippen MR) is 133 cm³/mol. The van der Waals surface area contributed by atoms with Gasteiger partial charge in [0, 0.05) is 43.4 Å². The number of thioether (sulfide) groups is 1. The monoisotopic (exact) mass is 486 g/mol. The van der Waals surface area contributed by atoms with Crippen molar-refractivity contribution in [3.05, 3.63) is 63.9 Å². The highest BCUT2D eigenvalue weighted by Crippen LogP contribution is 2.23. The van der Waals surface area contributed by atoms with Gasteiger partial charge in [-0.15, -0.1) is 0 Å². The van der Waals surface area contributed by atoms with Gasteiger partial charge in [-0.05, 0) is 36.8 Å². The quantitative estimate of drug-likeness (QED) is 0.284. The lowest BCUT2D eigenvalue weighted by molar-refractivity contribution is -0.121. The number of aromatic nitrogens is 2. The Morgan fingerprint density at radius 3 is 2.79 bits per heavy atom. The molecule has 3 aromatic rings. The molecule has 0 saturated carbocycles. The van der Waals surface area contributed by atoms with Crippen LogP contribution in [-0.2, 0) is 9.53 Å². The topological polar surface area (TPSA) is 76.5 Å². The SMILES string of the molecule is O=C(CCCSc1nc2ccccc2c(=O)n1-c1cccc(Cl)c1)NCCN1CCOCC1. The maximum Gasteiger partial charge on any atom is 0.266 e. The molecule has 1 amide bonds. The van der Waals surface area contributed by atoms with Crippen LogP contribution >= 0.6 is 23.4 Å². The van der Waals surface area contributed by atoms with Crippen molar-refractivity contribution in [1.82, 2.24) is 19.8 Å². The van der Waals surface area contributed by atoms with E-state index in [9.17, 15) is 9.59 Å². The minimum atomic E-state index is -0.133. The van der Waals surface area contributed by atoms with Crippen LogP contribution in [0.5, 0.6) is 0 Å². The molecule has 1 fully saturated rings. The Hall–Kier alpha value is -2.39. The molecule has 0 atom stereocenters. The fourth-order valence-electron chi connectivity index (χ4n) is 3.71. The number of para-hydroxylation sites is 1.